The molecule has 126 valence electrons. The van der Waals surface area contributed by atoms with Crippen LogP contribution in [-0.4, -0.2) is 18.5 Å². The molecule has 0 bridgehead atoms. The van der Waals surface area contributed by atoms with Gasteiger partial charge in [-0.3, -0.25) is 0 Å². The summed E-state index contributed by atoms with van der Waals surface area (Å²) in [6, 6.07) is 6.89. The highest BCUT2D eigenvalue weighted by Crippen LogP contribution is 2.17. The average molecular weight is 430 g/mol. The predicted molar refractivity (Wildman–Crippen MR) is 101 cm³/mol. The van der Waals surface area contributed by atoms with E-state index in [1.165, 1.54) is 25.3 Å². The van der Waals surface area contributed by atoms with Gasteiger partial charge in [-0.2, -0.15) is 5.26 Å². The van der Waals surface area contributed by atoms with E-state index in [0.717, 1.165) is 25.3 Å². The first-order valence-electron chi connectivity index (χ1n) is 7.96. The first kappa shape index (κ1) is 19.7. The highest BCUT2D eigenvalue weighted by atomic mass is 127. The smallest absolute Gasteiger partial charge is 0.191 e. The fourth-order valence-corrected chi connectivity index (χ4v) is 2.67. The van der Waals surface area contributed by atoms with Crippen molar-refractivity contribution in [1.29, 1.82) is 5.26 Å². The number of benzene rings is 1. The van der Waals surface area contributed by atoms with Gasteiger partial charge in [-0.15, -0.1) is 24.0 Å². The molecule has 6 heteroatoms. The lowest BCUT2D eigenvalue weighted by molar-refractivity contribution is 0.410. The van der Waals surface area contributed by atoms with Crippen LogP contribution in [0, 0.1) is 17.1 Å². The summed E-state index contributed by atoms with van der Waals surface area (Å²) in [5, 5.41) is 15.4. The first-order valence-corrected chi connectivity index (χ1v) is 7.96. The number of guanidine groups is 1. The van der Waals surface area contributed by atoms with Gasteiger partial charge >= 0.3 is 0 Å². The second-order valence-electron chi connectivity index (χ2n) is 5.59. The van der Waals surface area contributed by atoms with Crippen LogP contribution in [-0.2, 0) is 6.54 Å². The normalized spacial score (nSPS) is 15.4. The lowest BCUT2D eigenvalue weighted by atomic mass is 9.96. The van der Waals surface area contributed by atoms with Crippen LogP contribution in [0.3, 0.4) is 0 Å². The molecule has 0 atom stereocenters. The molecule has 4 nitrogen and oxygen atoms in total. The summed E-state index contributed by atoms with van der Waals surface area (Å²) in [5.41, 5.74) is 0.831. The van der Waals surface area contributed by atoms with E-state index >= 15 is 0 Å². The van der Waals surface area contributed by atoms with E-state index in [1.54, 1.807) is 12.1 Å². The van der Waals surface area contributed by atoms with E-state index in [2.05, 4.69) is 15.6 Å². The standard InChI is InChI=1S/C17H23FN4.HI/c1-2-20-17(22-15-6-4-3-5-7-15)21-12-14-9-8-13(11-19)10-16(14)18;/h8-10,15H,2-7,12H2,1H3,(H2,20,21,22);1H. The number of hydrogen-bond acceptors (Lipinski definition) is 2. The van der Waals surface area contributed by atoms with Gasteiger partial charge in [-0.25, -0.2) is 9.38 Å². The van der Waals surface area contributed by atoms with Crippen LogP contribution >= 0.6 is 24.0 Å². The molecule has 0 aromatic heterocycles. The molecule has 0 saturated heterocycles. The zero-order chi connectivity index (χ0) is 15.8. The van der Waals surface area contributed by atoms with Crippen molar-refractivity contribution in [2.45, 2.75) is 51.6 Å². The Hall–Kier alpha value is -1.36. The first-order chi connectivity index (χ1) is 10.7. The SMILES string of the molecule is CCNC(=NCc1ccc(C#N)cc1F)NC1CCCCC1.I. The van der Waals surface area contributed by atoms with Gasteiger partial charge < -0.3 is 10.6 Å². The zero-order valence-electron chi connectivity index (χ0n) is 13.4. The number of hydrogen-bond donors (Lipinski definition) is 2. The average Bonchev–Trinajstić information content (AvgIpc) is 2.54. The number of halogens is 2. The van der Waals surface area contributed by atoms with Crippen LogP contribution in [0.2, 0.25) is 0 Å². The molecule has 0 heterocycles. The van der Waals surface area contributed by atoms with Gasteiger partial charge in [0.05, 0.1) is 18.2 Å². The summed E-state index contributed by atoms with van der Waals surface area (Å²) in [4.78, 5) is 4.47. The van der Waals surface area contributed by atoms with Gasteiger partial charge in [0.1, 0.15) is 5.82 Å². The number of aliphatic imine (C=N–C) groups is 1. The zero-order valence-corrected chi connectivity index (χ0v) is 15.8. The molecule has 0 amide bonds. The lowest BCUT2D eigenvalue weighted by Crippen LogP contribution is -2.44. The molecule has 23 heavy (non-hydrogen) atoms. The van der Waals surface area contributed by atoms with E-state index in [9.17, 15) is 4.39 Å². The molecule has 2 N–H and O–H groups in total. The molecule has 1 aromatic carbocycles. The molecule has 1 aliphatic rings. The van der Waals surface area contributed by atoms with Crippen molar-refractivity contribution in [3.63, 3.8) is 0 Å². The maximum atomic E-state index is 13.9. The Morgan fingerprint density at radius 1 is 1.35 bits per heavy atom. The van der Waals surface area contributed by atoms with Crippen molar-refractivity contribution in [2.24, 2.45) is 4.99 Å². The molecular formula is C17H24FIN4. The van der Waals surface area contributed by atoms with Crippen LogP contribution in [0.4, 0.5) is 4.39 Å². The van der Waals surface area contributed by atoms with E-state index < -0.39 is 0 Å². The van der Waals surface area contributed by atoms with Crippen molar-refractivity contribution in [3.05, 3.63) is 35.1 Å². The third kappa shape index (κ3) is 6.34. The monoisotopic (exact) mass is 430 g/mol. The fourth-order valence-electron chi connectivity index (χ4n) is 2.67. The predicted octanol–water partition coefficient (Wildman–Crippen LogP) is 3.70. The molecule has 0 unspecified atom stereocenters. The number of nitrogens with one attached hydrogen (secondary N) is 2. The van der Waals surface area contributed by atoms with Gasteiger partial charge in [0.15, 0.2) is 5.96 Å². The maximum absolute atomic E-state index is 13.9. The summed E-state index contributed by atoms with van der Waals surface area (Å²) < 4.78 is 13.9. The molecule has 2 rings (SSSR count). The Morgan fingerprint density at radius 3 is 2.70 bits per heavy atom. The fraction of sp³-hybridized carbons (Fsp3) is 0.529. The van der Waals surface area contributed by atoms with E-state index in [-0.39, 0.29) is 36.3 Å². The Balaban J connectivity index is 0.00000264. The quantitative estimate of drug-likeness (QED) is 0.435. The number of nitrogens with zero attached hydrogens (tertiary/aromatic N) is 2. The highest BCUT2D eigenvalue weighted by Gasteiger charge is 2.14. The van der Waals surface area contributed by atoms with Gasteiger partial charge in [0.2, 0.25) is 0 Å². The summed E-state index contributed by atoms with van der Waals surface area (Å²) in [5.74, 6) is 0.356. The second-order valence-corrected chi connectivity index (χ2v) is 5.59. The summed E-state index contributed by atoms with van der Waals surface area (Å²) in [6.45, 7) is 3.05. The third-order valence-corrected chi connectivity index (χ3v) is 3.88. The Kier molecular flexibility index (Phi) is 8.92. The molecule has 0 spiro atoms. The Bertz CT molecular complexity index is 562. The number of rotatable bonds is 4. The second kappa shape index (κ2) is 10.4. The van der Waals surface area contributed by atoms with Crippen LogP contribution < -0.4 is 10.6 Å². The lowest BCUT2D eigenvalue weighted by Gasteiger charge is -2.24. The molecular weight excluding hydrogens is 406 g/mol. The third-order valence-electron chi connectivity index (χ3n) is 3.88. The van der Waals surface area contributed by atoms with Crippen molar-refractivity contribution in [1.82, 2.24) is 10.6 Å². The minimum atomic E-state index is -0.378. The van der Waals surface area contributed by atoms with Gasteiger partial charge in [0.25, 0.3) is 0 Å². The maximum Gasteiger partial charge on any atom is 0.191 e. The van der Waals surface area contributed by atoms with Gasteiger partial charge in [-0.05, 0) is 31.9 Å². The van der Waals surface area contributed by atoms with Crippen LogP contribution in [0.1, 0.15) is 50.2 Å². The van der Waals surface area contributed by atoms with E-state index in [4.69, 9.17) is 5.26 Å². The van der Waals surface area contributed by atoms with Gasteiger partial charge in [0, 0.05) is 18.2 Å². The van der Waals surface area contributed by atoms with Crippen LogP contribution in [0.25, 0.3) is 0 Å². The van der Waals surface area contributed by atoms with Crippen molar-refractivity contribution in [3.8, 4) is 6.07 Å². The summed E-state index contributed by atoms with van der Waals surface area (Å²) in [7, 11) is 0. The largest absolute Gasteiger partial charge is 0.357 e. The van der Waals surface area contributed by atoms with Crippen LogP contribution in [0.15, 0.2) is 23.2 Å². The Labute approximate surface area is 154 Å². The minimum Gasteiger partial charge on any atom is -0.357 e. The molecule has 1 fully saturated rings. The highest BCUT2D eigenvalue weighted by molar-refractivity contribution is 14.0. The number of nitriles is 1. The van der Waals surface area contributed by atoms with Crippen molar-refractivity contribution < 1.29 is 4.39 Å². The molecule has 1 aromatic rings. The topological polar surface area (TPSA) is 60.2 Å². The minimum absolute atomic E-state index is 0. The summed E-state index contributed by atoms with van der Waals surface area (Å²) in [6.07, 6.45) is 6.14. The van der Waals surface area contributed by atoms with Crippen molar-refractivity contribution in [2.75, 3.05) is 6.54 Å². The molecule has 1 aliphatic carbocycles. The van der Waals surface area contributed by atoms with Gasteiger partial charge in [-0.1, -0.05) is 25.3 Å². The Morgan fingerprint density at radius 2 is 2.09 bits per heavy atom. The summed E-state index contributed by atoms with van der Waals surface area (Å²) >= 11 is 0. The molecule has 0 radical (unpaired) electrons. The molecule has 0 aliphatic heterocycles. The van der Waals surface area contributed by atoms with E-state index in [1.807, 2.05) is 13.0 Å². The van der Waals surface area contributed by atoms with E-state index in [0.29, 0.717) is 17.2 Å². The molecule has 1 saturated carbocycles. The van der Waals surface area contributed by atoms with Crippen molar-refractivity contribution >= 4 is 29.9 Å². The van der Waals surface area contributed by atoms with Crippen LogP contribution in [0.5, 0.6) is 0 Å².